The molecule has 1 aliphatic rings. The van der Waals surface area contributed by atoms with E-state index < -0.39 is 5.60 Å². The quantitative estimate of drug-likeness (QED) is 0.350. The van der Waals surface area contributed by atoms with Crippen LogP contribution in [0.2, 0.25) is 5.02 Å². The maximum atomic E-state index is 11.9. The van der Waals surface area contributed by atoms with E-state index in [4.69, 9.17) is 11.6 Å². The lowest BCUT2D eigenvalue weighted by Gasteiger charge is -2.37. The van der Waals surface area contributed by atoms with Crippen molar-refractivity contribution in [3.63, 3.8) is 0 Å². The van der Waals surface area contributed by atoms with Crippen LogP contribution in [0.3, 0.4) is 0 Å². The van der Waals surface area contributed by atoms with Crippen LogP contribution < -0.4 is 0 Å². The highest BCUT2D eigenvalue weighted by atomic mass is 79.9. The first kappa shape index (κ1) is 21.8. The highest BCUT2D eigenvalue weighted by Gasteiger charge is 2.38. The average molecular weight is 547 g/mol. The van der Waals surface area contributed by atoms with E-state index in [1.165, 1.54) is 16.7 Å². The Balaban J connectivity index is 1.90. The Kier molecular flexibility index (Phi) is 6.28. The molecule has 0 heterocycles. The zero-order chi connectivity index (χ0) is 21.5. The first-order valence-corrected chi connectivity index (χ1v) is 12.0. The molecule has 0 spiro atoms. The lowest BCUT2D eigenvalue weighted by atomic mass is 9.72. The lowest BCUT2D eigenvalue weighted by molar-refractivity contribution is 0.0672. The molecule has 2 atom stereocenters. The Morgan fingerprint density at radius 3 is 2.30 bits per heavy atom. The van der Waals surface area contributed by atoms with Gasteiger partial charge in [-0.1, -0.05) is 82.1 Å². The smallest absolute Gasteiger partial charge is 0.110 e. The van der Waals surface area contributed by atoms with Crippen LogP contribution >= 0.6 is 43.5 Å². The second-order valence-electron chi connectivity index (χ2n) is 8.09. The Bertz CT molecular complexity index is 1140. The molecule has 0 saturated carbocycles. The van der Waals surface area contributed by atoms with Crippen LogP contribution in [0.1, 0.15) is 46.6 Å². The van der Waals surface area contributed by atoms with Crippen molar-refractivity contribution < 1.29 is 5.11 Å². The van der Waals surface area contributed by atoms with E-state index in [2.05, 4.69) is 82.1 Å². The number of rotatable bonds is 3. The summed E-state index contributed by atoms with van der Waals surface area (Å²) in [7, 11) is 0. The number of hydrogen-bond donors (Lipinski definition) is 1. The number of hydrogen-bond acceptors (Lipinski definition) is 1. The molecule has 4 rings (SSSR count). The molecule has 2 unspecified atom stereocenters. The molecule has 30 heavy (non-hydrogen) atoms. The van der Waals surface area contributed by atoms with E-state index in [1.54, 1.807) is 0 Å². The van der Waals surface area contributed by atoms with Gasteiger partial charge in [0, 0.05) is 19.5 Å². The second kappa shape index (κ2) is 8.63. The van der Waals surface area contributed by atoms with Crippen molar-refractivity contribution in [3.05, 3.63) is 109 Å². The monoisotopic (exact) mass is 544 g/mol. The third-order valence-electron chi connectivity index (χ3n) is 5.98. The largest absolute Gasteiger partial charge is 0.381 e. The normalized spacial score (nSPS) is 21.4. The van der Waals surface area contributed by atoms with Gasteiger partial charge in [-0.3, -0.25) is 0 Å². The van der Waals surface area contributed by atoms with Gasteiger partial charge in [0.05, 0.1) is 0 Å². The van der Waals surface area contributed by atoms with Gasteiger partial charge >= 0.3 is 0 Å². The van der Waals surface area contributed by atoms with Crippen LogP contribution in [0.15, 0.2) is 75.7 Å². The molecule has 0 amide bonds. The minimum Gasteiger partial charge on any atom is -0.381 e. The van der Waals surface area contributed by atoms with Crippen LogP contribution in [-0.4, -0.2) is 5.11 Å². The van der Waals surface area contributed by atoms with Crippen molar-refractivity contribution in [1.82, 2.24) is 0 Å². The molecular weight excluding hydrogens is 524 g/mol. The highest BCUT2D eigenvalue weighted by molar-refractivity contribution is 9.11. The fraction of sp³-hybridized carbons (Fsp3) is 0.231. The van der Waals surface area contributed by atoms with Crippen molar-refractivity contribution in [1.29, 1.82) is 0 Å². The van der Waals surface area contributed by atoms with Crippen LogP contribution in [-0.2, 0) is 5.60 Å². The van der Waals surface area contributed by atoms with Gasteiger partial charge < -0.3 is 5.11 Å². The predicted molar refractivity (Wildman–Crippen MR) is 133 cm³/mol. The Morgan fingerprint density at radius 1 is 0.900 bits per heavy atom. The molecule has 3 aromatic rings. The minimum absolute atomic E-state index is 0.146. The third kappa shape index (κ3) is 4.05. The van der Waals surface area contributed by atoms with E-state index in [9.17, 15) is 5.11 Å². The molecule has 1 N–H and O–H groups in total. The number of benzene rings is 3. The predicted octanol–water partition coefficient (Wildman–Crippen LogP) is 8.33. The van der Waals surface area contributed by atoms with Gasteiger partial charge in [-0.2, -0.15) is 0 Å². The van der Waals surface area contributed by atoms with Crippen molar-refractivity contribution in [2.75, 3.05) is 0 Å². The van der Waals surface area contributed by atoms with Gasteiger partial charge in [-0.25, -0.2) is 0 Å². The van der Waals surface area contributed by atoms with Crippen LogP contribution in [0.25, 0.3) is 5.57 Å². The maximum absolute atomic E-state index is 11.9. The summed E-state index contributed by atoms with van der Waals surface area (Å²) in [5.74, 6) is 0.146. The molecule has 0 saturated heterocycles. The molecule has 1 aliphatic carbocycles. The molecule has 0 aliphatic heterocycles. The van der Waals surface area contributed by atoms with Crippen molar-refractivity contribution in [2.45, 2.75) is 38.2 Å². The summed E-state index contributed by atoms with van der Waals surface area (Å²) in [5.41, 5.74) is 5.43. The minimum atomic E-state index is -1.15. The molecule has 0 radical (unpaired) electrons. The molecule has 0 bridgehead atoms. The number of allylic oxidation sites excluding steroid dienone is 1. The fourth-order valence-corrected chi connectivity index (χ4v) is 5.81. The third-order valence-corrected chi connectivity index (χ3v) is 8.44. The molecular formula is C26H23Br2ClO. The van der Waals surface area contributed by atoms with Crippen LogP contribution in [0, 0.1) is 13.8 Å². The molecule has 154 valence electrons. The zero-order valence-corrected chi connectivity index (χ0v) is 20.9. The van der Waals surface area contributed by atoms with Gasteiger partial charge in [0.15, 0.2) is 0 Å². The van der Waals surface area contributed by atoms with Crippen molar-refractivity contribution >= 4 is 49.0 Å². The van der Waals surface area contributed by atoms with E-state index in [0.717, 1.165) is 32.1 Å². The Hall–Kier alpha value is -1.39. The molecule has 3 aromatic carbocycles. The standard InChI is InChI=1S/C26H23Br2ClO/c1-16-7-5-9-20(24(16)27)18-13-19(21-10-6-8-17(2)25(21)28)15-26(30,14-18)22-11-3-4-12-23(22)29/h3-12,14,19,30H,13,15H2,1-2H3. The SMILES string of the molecule is Cc1cccc(C2=CC(O)(c3ccccc3Cl)CC(c3cccc(C)c3Br)C2)c1Br. The molecule has 0 aromatic heterocycles. The number of aryl methyl sites for hydroxylation is 2. The summed E-state index contributed by atoms with van der Waals surface area (Å²) < 4.78 is 2.18. The summed E-state index contributed by atoms with van der Waals surface area (Å²) in [4.78, 5) is 0. The number of aliphatic hydroxyl groups is 1. The Labute approximate surface area is 200 Å². The zero-order valence-electron chi connectivity index (χ0n) is 16.9. The van der Waals surface area contributed by atoms with Gasteiger partial charge in [0.25, 0.3) is 0 Å². The molecule has 0 fully saturated rings. The summed E-state index contributed by atoms with van der Waals surface area (Å²) in [6.07, 6.45) is 3.43. The van der Waals surface area contributed by atoms with E-state index in [1.807, 2.05) is 30.3 Å². The first-order valence-electron chi connectivity index (χ1n) is 10.00. The van der Waals surface area contributed by atoms with E-state index >= 15 is 0 Å². The number of halogens is 3. The summed E-state index contributed by atoms with van der Waals surface area (Å²) in [5, 5.41) is 12.5. The van der Waals surface area contributed by atoms with Crippen LogP contribution in [0.5, 0.6) is 0 Å². The van der Waals surface area contributed by atoms with Crippen molar-refractivity contribution in [2.24, 2.45) is 0 Å². The molecule has 1 nitrogen and oxygen atoms in total. The van der Waals surface area contributed by atoms with E-state index in [-0.39, 0.29) is 5.92 Å². The summed E-state index contributed by atoms with van der Waals surface area (Å²) in [6.45, 7) is 4.19. The van der Waals surface area contributed by atoms with Crippen molar-refractivity contribution in [3.8, 4) is 0 Å². The average Bonchev–Trinajstić information content (AvgIpc) is 2.72. The highest BCUT2D eigenvalue weighted by Crippen LogP contribution is 2.49. The topological polar surface area (TPSA) is 20.2 Å². The van der Waals surface area contributed by atoms with Crippen LogP contribution in [0.4, 0.5) is 0 Å². The van der Waals surface area contributed by atoms with Gasteiger partial charge in [0.1, 0.15) is 5.60 Å². The summed E-state index contributed by atoms with van der Waals surface area (Å²) in [6, 6.07) is 20.2. The van der Waals surface area contributed by atoms with Gasteiger partial charge in [0.2, 0.25) is 0 Å². The lowest BCUT2D eigenvalue weighted by Crippen LogP contribution is -2.30. The summed E-state index contributed by atoms with van der Waals surface area (Å²) >= 11 is 14.1. The maximum Gasteiger partial charge on any atom is 0.110 e. The molecule has 4 heteroatoms. The first-order chi connectivity index (χ1) is 14.3. The van der Waals surface area contributed by atoms with Gasteiger partial charge in [-0.05, 0) is 88.5 Å². The van der Waals surface area contributed by atoms with Gasteiger partial charge in [-0.15, -0.1) is 0 Å². The second-order valence-corrected chi connectivity index (χ2v) is 10.1. The fourth-order valence-electron chi connectivity index (χ4n) is 4.41. The van der Waals surface area contributed by atoms with E-state index in [0.29, 0.717) is 11.4 Å². The Morgan fingerprint density at radius 2 is 1.57 bits per heavy atom.